The number of piperidine rings is 1. The molecule has 0 spiro atoms. The first-order chi connectivity index (χ1) is 9.51. The van der Waals surface area contributed by atoms with Crippen LogP contribution in [-0.2, 0) is 11.3 Å². The first-order valence-corrected chi connectivity index (χ1v) is 7.14. The number of amides is 1. The van der Waals surface area contributed by atoms with Gasteiger partial charge in [0.1, 0.15) is 6.61 Å². The van der Waals surface area contributed by atoms with Crippen LogP contribution in [0.1, 0.15) is 25.3 Å². The molecule has 0 saturated carbocycles. The molecule has 1 aromatic carbocycles. The molecular weight excluding hydrogens is 252 g/mol. The molecule has 1 aliphatic heterocycles. The van der Waals surface area contributed by atoms with E-state index in [1.165, 1.54) is 0 Å². The molecule has 1 aliphatic rings. The van der Waals surface area contributed by atoms with Crippen molar-refractivity contribution in [1.82, 2.24) is 9.80 Å². The van der Waals surface area contributed by atoms with Gasteiger partial charge in [0.05, 0.1) is 0 Å². The third-order valence-electron chi connectivity index (χ3n) is 4.22. The van der Waals surface area contributed by atoms with Crippen molar-refractivity contribution in [2.75, 3.05) is 27.2 Å². The number of carbonyl (C=O) groups is 1. The van der Waals surface area contributed by atoms with Crippen molar-refractivity contribution in [1.29, 1.82) is 0 Å². The quantitative estimate of drug-likeness (QED) is 0.851. The maximum atomic E-state index is 12.2. The zero-order chi connectivity index (χ0) is 14.6. The first kappa shape index (κ1) is 14.9. The number of likely N-dealkylation sites (tertiary alicyclic amines) is 1. The van der Waals surface area contributed by atoms with Gasteiger partial charge in [0.15, 0.2) is 0 Å². The maximum absolute atomic E-state index is 12.2. The van der Waals surface area contributed by atoms with Gasteiger partial charge in [0.2, 0.25) is 0 Å². The smallest absolute Gasteiger partial charge is 0.410 e. The van der Waals surface area contributed by atoms with Gasteiger partial charge in [-0.15, -0.1) is 0 Å². The minimum Gasteiger partial charge on any atom is -0.445 e. The molecule has 1 saturated heterocycles. The lowest BCUT2D eigenvalue weighted by Crippen LogP contribution is -2.55. The molecule has 1 unspecified atom stereocenters. The highest BCUT2D eigenvalue weighted by atomic mass is 16.6. The Hall–Kier alpha value is -1.55. The van der Waals surface area contributed by atoms with E-state index in [2.05, 4.69) is 25.9 Å². The van der Waals surface area contributed by atoms with Crippen molar-refractivity contribution in [2.45, 2.75) is 31.9 Å². The van der Waals surface area contributed by atoms with E-state index in [0.29, 0.717) is 6.61 Å². The summed E-state index contributed by atoms with van der Waals surface area (Å²) in [5, 5.41) is 0. The summed E-state index contributed by atoms with van der Waals surface area (Å²) >= 11 is 0. The Bertz CT molecular complexity index is 447. The monoisotopic (exact) mass is 276 g/mol. The summed E-state index contributed by atoms with van der Waals surface area (Å²) in [6, 6.07) is 9.79. The lowest BCUT2D eigenvalue weighted by molar-refractivity contribution is 0.0382. The average molecular weight is 276 g/mol. The summed E-state index contributed by atoms with van der Waals surface area (Å²) in [5.41, 5.74) is 1.07. The number of ether oxygens (including phenoxy) is 1. The molecule has 2 rings (SSSR count). The Kier molecular flexibility index (Phi) is 4.65. The molecule has 110 valence electrons. The molecule has 4 heteroatoms. The highest BCUT2D eigenvalue weighted by Gasteiger charge is 2.35. The van der Waals surface area contributed by atoms with Crippen LogP contribution in [0.25, 0.3) is 0 Å². The standard InChI is InChI=1S/C16H24N2O2/c1-16(17(2)3)10-7-11-18(13-16)15(19)20-12-14-8-5-4-6-9-14/h4-6,8-9H,7,10-13H2,1-3H3. The van der Waals surface area contributed by atoms with Crippen LogP contribution in [0.5, 0.6) is 0 Å². The molecule has 4 nitrogen and oxygen atoms in total. The van der Waals surface area contributed by atoms with Crippen LogP contribution in [0.15, 0.2) is 30.3 Å². The Morgan fingerprint density at radius 1 is 1.35 bits per heavy atom. The Labute approximate surface area is 121 Å². The fourth-order valence-electron chi connectivity index (χ4n) is 2.55. The van der Waals surface area contributed by atoms with Gasteiger partial charge in [0.25, 0.3) is 0 Å². The second-order valence-corrected chi connectivity index (χ2v) is 5.96. The van der Waals surface area contributed by atoms with Crippen molar-refractivity contribution in [3.05, 3.63) is 35.9 Å². The van der Waals surface area contributed by atoms with Gasteiger partial charge in [-0.2, -0.15) is 0 Å². The van der Waals surface area contributed by atoms with E-state index in [9.17, 15) is 4.79 Å². The molecule has 0 N–H and O–H groups in total. The van der Waals surface area contributed by atoms with Crippen LogP contribution < -0.4 is 0 Å². The number of rotatable bonds is 3. The van der Waals surface area contributed by atoms with Crippen molar-refractivity contribution in [3.63, 3.8) is 0 Å². The van der Waals surface area contributed by atoms with Crippen LogP contribution in [0, 0.1) is 0 Å². The third kappa shape index (κ3) is 3.51. The normalized spacial score (nSPS) is 22.9. The Morgan fingerprint density at radius 3 is 2.70 bits per heavy atom. The molecule has 0 bridgehead atoms. The molecule has 0 aliphatic carbocycles. The number of carbonyl (C=O) groups excluding carboxylic acids is 1. The molecule has 1 heterocycles. The van der Waals surface area contributed by atoms with Crippen LogP contribution in [0.2, 0.25) is 0 Å². The largest absolute Gasteiger partial charge is 0.445 e. The van der Waals surface area contributed by atoms with E-state index in [0.717, 1.165) is 31.5 Å². The fourth-order valence-corrected chi connectivity index (χ4v) is 2.55. The van der Waals surface area contributed by atoms with Gasteiger partial charge in [-0.25, -0.2) is 4.79 Å². The minimum absolute atomic E-state index is 0.0457. The third-order valence-corrected chi connectivity index (χ3v) is 4.22. The van der Waals surface area contributed by atoms with Crippen molar-refractivity contribution in [2.24, 2.45) is 0 Å². The van der Waals surface area contributed by atoms with E-state index in [4.69, 9.17) is 4.74 Å². The molecule has 20 heavy (non-hydrogen) atoms. The van der Waals surface area contributed by atoms with Gasteiger partial charge in [-0.05, 0) is 39.4 Å². The highest BCUT2D eigenvalue weighted by molar-refractivity contribution is 5.68. The fraction of sp³-hybridized carbons (Fsp3) is 0.562. The zero-order valence-electron chi connectivity index (χ0n) is 12.6. The van der Waals surface area contributed by atoms with E-state index >= 15 is 0 Å². The van der Waals surface area contributed by atoms with Gasteiger partial charge in [-0.3, -0.25) is 0 Å². The molecular formula is C16H24N2O2. The molecule has 1 atom stereocenters. The van der Waals surface area contributed by atoms with Crippen LogP contribution in [0.3, 0.4) is 0 Å². The maximum Gasteiger partial charge on any atom is 0.410 e. The molecule has 1 amide bonds. The number of hydrogen-bond acceptors (Lipinski definition) is 3. The zero-order valence-corrected chi connectivity index (χ0v) is 12.6. The summed E-state index contributed by atoms with van der Waals surface area (Å²) in [4.78, 5) is 16.2. The van der Waals surface area contributed by atoms with Crippen LogP contribution >= 0.6 is 0 Å². The lowest BCUT2D eigenvalue weighted by atomic mass is 9.90. The Balaban J connectivity index is 1.89. The average Bonchev–Trinajstić information content (AvgIpc) is 2.46. The molecule has 0 aromatic heterocycles. The van der Waals surface area contributed by atoms with Gasteiger partial charge in [-0.1, -0.05) is 30.3 Å². The number of nitrogens with zero attached hydrogens (tertiary/aromatic N) is 2. The summed E-state index contributed by atoms with van der Waals surface area (Å²) < 4.78 is 5.41. The topological polar surface area (TPSA) is 32.8 Å². The molecule has 1 fully saturated rings. The second kappa shape index (κ2) is 6.27. The van der Waals surface area contributed by atoms with Crippen molar-refractivity contribution >= 4 is 6.09 Å². The van der Waals surface area contributed by atoms with Gasteiger partial charge < -0.3 is 14.5 Å². The number of hydrogen-bond donors (Lipinski definition) is 0. The van der Waals surface area contributed by atoms with Crippen molar-refractivity contribution < 1.29 is 9.53 Å². The number of benzene rings is 1. The first-order valence-electron chi connectivity index (χ1n) is 7.14. The lowest BCUT2D eigenvalue weighted by Gasteiger charge is -2.44. The number of likely N-dealkylation sites (N-methyl/N-ethyl adjacent to an activating group) is 1. The predicted octanol–water partition coefficient (Wildman–Crippen LogP) is 2.74. The second-order valence-electron chi connectivity index (χ2n) is 5.96. The molecule has 1 aromatic rings. The molecule has 0 radical (unpaired) electrons. The SMILES string of the molecule is CN(C)C1(C)CCCN(C(=O)OCc2ccccc2)C1. The van der Waals surface area contributed by atoms with E-state index in [-0.39, 0.29) is 11.6 Å². The Morgan fingerprint density at radius 2 is 2.05 bits per heavy atom. The van der Waals surface area contributed by atoms with Crippen molar-refractivity contribution in [3.8, 4) is 0 Å². The van der Waals surface area contributed by atoms with Gasteiger partial charge >= 0.3 is 6.09 Å². The van der Waals surface area contributed by atoms with Crippen LogP contribution in [0.4, 0.5) is 4.79 Å². The summed E-state index contributed by atoms with van der Waals surface area (Å²) in [6.45, 7) is 4.06. The minimum atomic E-state index is -0.207. The van der Waals surface area contributed by atoms with E-state index < -0.39 is 0 Å². The van der Waals surface area contributed by atoms with Gasteiger partial charge in [0, 0.05) is 18.6 Å². The highest BCUT2D eigenvalue weighted by Crippen LogP contribution is 2.25. The predicted molar refractivity (Wildman–Crippen MR) is 79.5 cm³/mol. The summed E-state index contributed by atoms with van der Waals surface area (Å²) in [6.07, 6.45) is 1.93. The van der Waals surface area contributed by atoms with E-state index in [1.54, 1.807) is 0 Å². The van der Waals surface area contributed by atoms with E-state index in [1.807, 2.05) is 35.2 Å². The van der Waals surface area contributed by atoms with Crippen LogP contribution in [-0.4, -0.2) is 48.6 Å². The summed E-state index contributed by atoms with van der Waals surface area (Å²) in [7, 11) is 4.14. The summed E-state index contributed by atoms with van der Waals surface area (Å²) in [5.74, 6) is 0.